The summed E-state index contributed by atoms with van der Waals surface area (Å²) >= 11 is 0. The molecule has 0 fully saturated rings. The van der Waals surface area contributed by atoms with Gasteiger partial charge in [-0.3, -0.25) is 4.98 Å². The fraction of sp³-hybridized carbons (Fsp3) is 0.148. The Kier molecular flexibility index (Phi) is 3.49. The molecule has 0 saturated carbocycles. The zero-order valence-electron chi connectivity index (χ0n) is 15.7. The van der Waals surface area contributed by atoms with Crippen LogP contribution >= 0.6 is 0 Å². The summed E-state index contributed by atoms with van der Waals surface area (Å²) in [5.74, 6) is 0.373. The fourth-order valence-corrected chi connectivity index (χ4v) is 5.00. The summed E-state index contributed by atoms with van der Waals surface area (Å²) in [5.41, 5.74) is 5.30. The van der Waals surface area contributed by atoms with Crippen molar-refractivity contribution in [2.45, 2.75) is 25.2 Å². The Bertz CT molecular complexity index is 1350. The molecule has 0 N–H and O–H groups in total. The average molecular weight is 359 g/mol. The minimum atomic E-state index is 0.373. The van der Waals surface area contributed by atoms with E-state index in [9.17, 15) is 0 Å². The number of hydrogen-bond donors (Lipinski definition) is 0. The van der Waals surface area contributed by atoms with Gasteiger partial charge in [-0.05, 0) is 64.1 Å². The summed E-state index contributed by atoms with van der Waals surface area (Å²) in [6.45, 7) is 0. The van der Waals surface area contributed by atoms with Gasteiger partial charge < -0.3 is 0 Å². The minimum Gasteiger partial charge on any atom is -0.252 e. The van der Waals surface area contributed by atoms with Crippen LogP contribution in [0, 0.1) is 0 Å². The van der Waals surface area contributed by atoms with E-state index in [0.717, 1.165) is 5.52 Å². The van der Waals surface area contributed by atoms with E-state index < -0.39 is 0 Å². The predicted molar refractivity (Wildman–Crippen MR) is 118 cm³/mol. The van der Waals surface area contributed by atoms with Crippen LogP contribution in [0.4, 0.5) is 0 Å². The van der Waals surface area contributed by atoms with Gasteiger partial charge >= 0.3 is 0 Å². The van der Waals surface area contributed by atoms with Gasteiger partial charge in [0.25, 0.3) is 0 Å². The number of hydrogen-bond acceptors (Lipinski definition) is 1. The monoisotopic (exact) mass is 359 g/mol. The molecule has 28 heavy (non-hydrogen) atoms. The van der Waals surface area contributed by atoms with E-state index in [0.29, 0.717) is 5.92 Å². The number of pyridine rings is 1. The van der Waals surface area contributed by atoms with E-state index in [1.807, 2.05) is 0 Å². The lowest BCUT2D eigenvalue weighted by Gasteiger charge is -2.27. The van der Waals surface area contributed by atoms with Crippen molar-refractivity contribution in [1.29, 1.82) is 0 Å². The molecule has 4 aromatic carbocycles. The van der Waals surface area contributed by atoms with Gasteiger partial charge in [0.05, 0.1) is 5.52 Å². The first-order chi connectivity index (χ1) is 13.9. The van der Waals surface area contributed by atoms with Gasteiger partial charge in [0, 0.05) is 17.0 Å². The molecule has 1 aromatic heterocycles. The predicted octanol–water partition coefficient (Wildman–Crippen LogP) is 7.01. The number of para-hydroxylation sites is 1. The molecular formula is C27H21N. The summed E-state index contributed by atoms with van der Waals surface area (Å²) in [4.78, 5) is 5.07. The first kappa shape index (κ1) is 15.8. The zero-order chi connectivity index (χ0) is 18.5. The Morgan fingerprint density at radius 1 is 0.643 bits per heavy atom. The first-order valence-electron chi connectivity index (χ1n) is 10.2. The summed E-state index contributed by atoms with van der Waals surface area (Å²) < 4.78 is 0. The Labute approximate surface area is 164 Å². The molecule has 5 aromatic rings. The number of fused-ring (bicyclic) bond motifs is 6. The SMILES string of the molecule is c1ccc2nc(C3CCCc4ccc5c(ccc6ccccc65)c43)ccc2c1. The number of aromatic nitrogens is 1. The second kappa shape index (κ2) is 6.17. The number of benzene rings is 4. The van der Waals surface area contributed by atoms with Crippen molar-refractivity contribution in [3.05, 3.63) is 102 Å². The molecule has 1 aliphatic rings. The standard InChI is InChI=1S/C27H21N/c1-3-9-21-18(6-1)12-16-23-22(21)15-13-20-8-5-10-24(27(20)23)26-17-14-19-7-2-4-11-25(19)28-26/h1-4,6-7,9,11-17,24H,5,8,10H2. The van der Waals surface area contributed by atoms with E-state index in [-0.39, 0.29) is 0 Å². The molecule has 134 valence electrons. The van der Waals surface area contributed by atoms with Crippen LogP contribution in [0.3, 0.4) is 0 Å². The molecule has 0 amide bonds. The third-order valence-electron chi connectivity index (χ3n) is 6.32. The van der Waals surface area contributed by atoms with Gasteiger partial charge in [0.15, 0.2) is 0 Å². The van der Waals surface area contributed by atoms with Crippen LogP contribution in [0.2, 0.25) is 0 Å². The summed E-state index contributed by atoms with van der Waals surface area (Å²) in [6.07, 6.45) is 3.57. The molecule has 1 aliphatic carbocycles. The van der Waals surface area contributed by atoms with Crippen LogP contribution in [0.5, 0.6) is 0 Å². The van der Waals surface area contributed by atoms with Gasteiger partial charge in [0.2, 0.25) is 0 Å². The lowest BCUT2D eigenvalue weighted by molar-refractivity contribution is 0.610. The summed E-state index contributed by atoms with van der Waals surface area (Å²) in [5, 5.41) is 6.64. The van der Waals surface area contributed by atoms with Crippen LogP contribution in [-0.4, -0.2) is 4.98 Å². The highest BCUT2D eigenvalue weighted by molar-refractivity contribution is 6.09. The van der Waals surface area contributed by atoms with Crippen LogP contribution in [-0.2, 0) is 6.42 Å². The molecule has 1 heteroatoms. The van der Waals surface area contributed by atoms with Crippen molar-refractivity contribution in [3.8, 4) is 0 Å². The van der Waals surface area contributed by atoms with E-state index >= 15 is 0 Å². The van der Waals surface area contributed by atoms with E-state index in [1.165, 1.54) is 63.0 Å². The van der Waals surface area contributed by atoms with Crippen molar-refractivity contribution >= 4 is 32.4 Å². The molecule has 0 aliphatic heterocycles. The van der Waals surface area contributed by atoms with Gasteiger partial charge in [0.1, 0.15) is 0 Å². The van der Waals surface area contributed by atoms with Crippen LogP contribution in [0.25, 0.3) is 32.4 Å². The normalized spacial score (nSPS) is 16.5. The van der Waals surface area contributed by atoms with Gasteiger partial charge in [-0.25, -0.2) is 0 Å². The highest BCUT2D eigenvalue weighted by atomic mass is 14.7. The smallest absolute Gasteiger partial charge is 0.0705 e. The Balaban J connectivity index is 1.62. The van der Waals surface area contributed by atoms with Crippen molar-refractivity contribution in [3.63, 3.8) is 0 Å². The third kappa shape index (κ3) is 2.36. The summed E-state index contributed by atoms with van der Waals surface area (Å²) in [6, 6.07) is 30.9. The minimum absolute atomic E-state index is 0.373. The van der Waals surface area contributed by atoms with Crippen LogP contribution < -0.4 is 0 Å². The van der Waals surface area contributed by atoms with Crippen LogP contribution in [0.1, 0.15) is 35.6 Å². The zero-order valence-corrected chi connectivity index (χ0v) is 15.7. The second-order valence-corrected chi connectivity index (χ2v) is 7.89. The van der Waals surface area contributed by atoms with E-state index in [1.54, 1.807) is 0 Å². The van der Waals surface area contributed by atoms with Gasteiger partial charge in [-0.15, -0.1) is 0 Å². The number of aryl methyl sites for hydroxylation is 1. The van der Waals surface area contributed by atoms with Crippen molar-refractivity contribution in [2.24, 2.45) is 0 Å². The molecule has 1 nitrogen and oxygen atoms in total. The molecular weight excluding hydrogens is 338 g/mol. The van der Waals surface area contributed by atoms with Gasteiger partial charge in [-0.2, -0.15) is 0 Å². The van der Waals surface area contributed by atoms with Crippen molar-refractivity contribution in [1.82, 2.24) is 4.98 Å². The van der Waals surface area contributed by atoms with Gasteiger partial charge in [-0.1, -0.05) is 72.8 Å². The maximum atomic E-state index is 5.07. The van der Waals surface area contributed by atoms with Crippen molar-refractivity contribution in [2.75, 3.05) is 0 Å². The maximum absolute atomic E-state index is 5.07. The lowest BCUT2D eigenvalue weighted by Crippen LogP contribution is -2.13. The molecule has 1 atom stereocenters. The number of nitrogens with zero attached hydrogens (tertiary/aromatic N) is 1. The Morgan fingerprint density at radius 3 is 2.39 bits per heavy atom. The molecule has 0 saturated heterocycles. The Morgan fingerprint density at radius 2 is 1.43 bits per heavy atom. The topological polar surface area (TPSA) is 12.9 Å². The lowest BCUT2D eigenvalue weighted by atomic mass is 9.77. The molecule has 0 spiro atoms. The third-order valence-corrected chi connectivity index (χ3v) is 6.32. The first-order valence-corrected chi connectivity index (χ1v) is 10.2. The van der Waals surface area contributed by atoms with E-state index in [4.69, 9.17) is 4.98 Å². The second-order valence-electron chi connectivity index (χ2n) is 7.89. The largest absolute Gasteiger partial charge is 0.252 e. The number of rotatable bonds is 1. The Hall–Kier alpha value is -3.19. The quantitative estimate of drug-likeness (QED) is 0.293. The molecule has 6 rings (SSSR count). The fourth-order valence-electron chi connectivity index (χ4n) is 5.00. The average Bonchev–Trinajstić information content (AvgIpc) is 2.78. The summed E-state index contributed by atoms with van der Waals surface area (Å²) in [7, 11) is 0. The highest BCUT2D eigenvalue weighted by Gasteiger charge is 2.25. The highest BCUT2D eigenvalue weighted by Crippen LogP contribution is 2.42. The molecule has 1 unspecified atom stereocenters. The maximum Gasteiger partial charge on any atom is 0.0705 e. The van der Waals surface area contributed by atoms with Crippen LogP contribution in [0.15, 0.2) is 84.9 Å². The van der Waals surface area contributed by atoms with Crippen molar-refractivity contribution < 1.29 is 0 Å². The molecule has 1 heterocycles. The molecule has 0 radical (unpaired) electrons. The molecule has 0 bridgehead atoms. The van der Waals surface area contributed by atoms with E-state index in [2.05, 4.69) is 84.9 Å².